The average molecular weight is 497 g/mol. The minimum Gasteiger partial charge on any atom is -0.507 e. The first kappa shape index (κ1) is 24.2. The van der Waals surface area contributed by atoms with Crippen LogP contribution >= 0.6 is 11.3 Å². The maximum absolute atomic E-state index is 13.2. The van der Waals surface area contributed by atoms with Gasteiger partial charge >= 0.3 is 11.9 Å². The first-order valence-electron chi connectivity index (χ1n) is 11.1. The molecule has 1 amide bonds. The monoisotopic (exact) mass is 496 g/mol. The van der Waals surface area contributed by atoms with Crippen LogP contribution in [0.4, 0.5) is 5.13 Å². The summed E-state index contributed by atoms with van der Waals surface area (Å²) in [6.07, 6.45) is 2.26. The number of aryl methyl sites for hydroxylation is 1. The molecule has 0 saturated carbocycles. The van der Waals surface area contributed by atoms with Gasteiger partial charge in [-0.05, 0) is 56.7 Å². The van der Waals surface area contributed by atoms with Gasteiger partial charge < -0.3 is 19.0 Å². The highest BCUT2D eigenvalue weighted by molar-refractivity contribution is 7.17. The molecule has 1 saturated heterocycles. The molecule has 0 spiro atoms. The van der Waals surface area contributed by atoms with Crippen molar-refractivity contribution in [3.63, 3.8) is 0 Å². The van der Waals surface area contributed by atoms with E-state index in [2.05, 4.69) is 4.98 Å². The maximum Gasteiger partial charge on any atom is 0.350 e. The second-order valence-corrected chi connectivity index (χ2v) is 8.67. The van der Waals surface area contributed by atoms with Crippen LogP contribution in [0.15, 0.2) is 52.7 Å². The highest BCUT2D eigenvalue weighted by Gasteiger charge is 2.49. The molecule has 4 rings (SSSR count). The quantitative estimate of drug-likeness (QED) is 0.207. The Kier molecular flexibility index (Phi) is 7.02. The third-order valence-corrected chi connectivity index (χ3v) is 6.45. The molecular weight excluding hydrogens is 472 g/mol. The van der Waals surface area contributed by atoms with Gasteiger partial charge in [0.15, 0.2) is 5.13 Å². The van der Waals surface area contributed by atoms with Gasteiger partial charge in [0.1, 0.15) is 28.2 Å². The standard InChI is InChI=1S/C25H24N2O7S/c1-4-12-33-16-10-8-15(9-11-16)20(28)18-19(17-7-6-13-34-17)27(23(30)21(18)29)25-26-14(3)22(35-25)24(31)32-5-2/h6-11,13,19,28H,4-5,12H2,1-3H3/b20-18+. The summed E-state index contributed by atoms with van der Waals surface area (Å²) in [5.74, 6) is -1.81. The molecule has 1 aromatic carbocycles. The van der Waals surface area contributed by atoms with Gasteiger partial charge in [-0.2, -0.15) is 0 Å². The third kappa shape index (κ3) is 4.57. The first-order chi connectivity index (χ1) is 16.9. The normalized spacial score (nSPS) is 17.1. The van der Waals surface area contributed by atoms with Crippen molar-refractivity contribution < 1.29 is 33.4 Å². The summed E-state index contributed by atoms with van der Waals surface area (Å²) in [5.41, 5.74) is 0.565. The zero-order valence-electron chi connectivity index (χ0n) is 19.4. The van der Waals surface area contributed by atoms with Crippen LogP contribution in [0.1, 0.15) is 53.0 Å². The van der Waals surface area contributed by atoms with E-state index in [-0.39, 0.29) is 33.7 Å². The highest BCUT2D eigenvalue weighted by atomic mass is 32.1. The van der Waals surface area contributed by atoms with Crippen molar-refractivity contribution in [1.82, 2.24) is 4.98 Å². The SMILES string of the molecule is CCCOc1ccc(/C(O)=C2\C(=O)C(=O)N(c3nc(C)c(C(=O)OCC)s3)C2c2ccco2)cc1. The number of ether oxygens (including phenoxy) is 2. The van der Waals surface area contributed by atoms with Crippen molar-refractivity contribution in [3.05, 3.63) is 70.1 Å². The summed E-state index contributed by atoms with van der Waals surface area (Å²) >= 11 is 0.936. The van der Waals surface area contributed by atoms with Crippen molar-refractivity contribution in [2.24, 2.45) is 0 Å². The Hall–Kier alpha value is -3.92. The number of thiazole rings is 1. The number of carbonyl (C=O) groups is 3. The number of hydrogen-bond donors (Lipinski definition) is 1. The predicted octanol–water partition coefficient (Wildman–Crippen LogP) is 4.64. The van der Waals surface area contributed by atoms with E-state index >= 15 is 0 Å². The number of nitrogens with zero attached hydrogens (tertiary/aromatic N) is 2. The van der Waals surface area contributed by atoms with Gasteiger partial charge in [-0.25, -0.2) is 9.78 Å². The van der Waals surface area contributed by atoms with Crippen LogP contribution in [-0.2, 0) is 14.3 Å². The molecule has 0 aliphatic carbocycles. The Balaban J connectivity index is 1.79. The molecule has 0 bridgehead atoms. The Morgan fingerprint density at radius 2 is 1.94 bits per heavy atom. The highest BCUT2D eigenvalue weighted by Crippen LogP contribution is 2.44. The number of aromatic nitrogens is 1. The number of esters is 1. The molecule has 1 aliphatic rings. The van der Waals surface area contributed by atoms with E-state index in [1.165, 1.54) is 6.26 Å². The van der Waals surface area contributed by atoms with E-state index < -0.39 is 23.7 Å². The first-order valence-corrected chi connectivity index (χ1v) is 11.9. The summed E-state index contributed by atoms with van der Waals surface area (Å²) in [5, 5.41) is 11.3. The van der Waals surface area contributed by atoms with Gasteiger partial charge in [0, 0.05) is 5.56 Å². The van der Waals surface area contributed by atoms with Crippen molar-refractivity contribution in [2.45, 2.75) is 33.2 Å². The number of hydrogen-bond acceptors (Lipinski definition) is 9. The zero-order chi connectivity index (χ0) is 25.1. The number of furan rings is 1. The lowest BCUT2D eigenvalue weighted by Gasteiger charge is -2.20. The molecule has 9 nitrogen and oxygen atoms in total. The second-order valence-electron chi connectivity index (χ2n) is 7.69. The largest absolute Gasteiger partial charge is 0.507 e. The fourth-order valence-electron chi connectivity index (χ4n) is 3.70. The van der Waals surface area contributed by atoms with Crippen LogP contribution < -0.4 is 9.64 Å². The molecule has 1 atom stereocenters. The van der Waals surface area contributed by atoms with Crippen LogP contribution in [0.2, 0.25) is 0 Å². The number of aliphatic hydroxyl groups excluding tert-OH is 1. The number of aliphatic hydroxyl groups is 1. The minimum atomic E-state index is -1.07. The predicted molar refractivity (Wildman–Crippen MR) is 129 cm³/mol. The van der Waals surface area contributed by atoms with Gasteiger partial charge in [-0.15, -0.1) is 0 Å². The van der Waals surface area contributed by atoms with Crippen LogP contribution in [0.3, 0.4) is 0 Å². The molecule has 1 fully saturated rings. The van der Waals surface area contributed by atoms with Gasteiger partial charge in [0.25, 0.3) is 5.78 Å². The third-order valence-electron chi connectivity index (χ3n) is 5.31. The van der Waals surface area contributed by atoms with Gasteiger partial charge in [0.05, 0.1) is 30.7 Å². The minimum absolute atomic E-state index is 0.122. The molecule has 1 N–H and O–H groups in total. The van der Waals surface area contributed by atoms with E-state index in [4.69, 9.17) is 13.9 Å². The number of ketones is 1. The lowest BCUT2D eigenvalue weighted by molar-refractivity contribution is -0.132. The second kappa shape index (κ2) is 10.1. The molecule has 0 radical (unpaired) electrons. The summed E-state index contributed by atoms with van der Waals surface area (Å²) < 4.78 is 16.2. The lowest BCUT2D eigenvalue weighted by atomic mass is 9.99. The molecule has 2 aromatic heterocycles. The summed E-state index contributed by atoms with van der Waals surface area (Å²) in [4.78, 5) is 44.3. The zero-order valence-corrected chi connectivity index (χ0v) is 20.3. The molecule has 182 valence electrons. The van der Waals surface area contributed by atoms with Gasteiger partial charge in [-0.3, -0.25) is 14.5 Å². The smallest absolute Gasteiger partial charge is 0.350 e. The van der Waals surface area contributed by atoms with Gasteiger partial charge in [0.2, 0.25) is 0 Å². The van der Waals surface area contributed by atoms with E-state index in [1.807, 2.05) is 6.92 Å². The van der Waals surface area contributed by atoms with Gasteiger partial charge in [-0.1, -0.05) is 18.3 Å². The fraction of sp³-hybridized carbons (Fsp3) is 0.280. The fourth-order valence-corrected chi connectivity index (χ4v) is 4.69. The van der Waals surface area contributed by atoms with Crippen LogP contribution in [0, 0.1) is 6.92 Å². The summed E-state index contributed by atoms with van der Waals surface area (Å²) in [6, 6.07) is 8.73. The maximum atomic E-state index is 13.2. The number of carbonyl (C=O) groups excluding carboxylic acids is 3. The molecule has 3 aromatic rings. The number of amides is 1. The Morgan fingerprint density at radius 1 is 1.20 bits per heavy atom. The molecule has 35 heavy (non-hydrogen) atoms. The van der Waals surface area contributed by atoms with Crippen LogP contribution in [0.5, 0.6) is 5.75 Å². The van der Waals surface area contributed by atoms with E-state index in [0.717, 1.165) is 22.7 Å². The van der Waals surface area contributed by atoms with E-state index in [0.29, 0.717) is 23.6 Å². The van der Waals surface area contributed by atoms with E-state index in [9.17, 15) is 19.5 Å². The molecule has 1 aliphatic heterocycles. The molecule has 1 unspecified atom stereocenters. The lowest BCUT2D eigenvalue weighted by Crippen LogP contribution is -2.29. The van der Waals surface area contributed by atoms with Crippen molar-refractivity contribution >= 4 is 39.9 Å². The Labute approximate surface area is 205 Å². The average Bonchev–Trinajstić information content (AvgIpc) is 3.57. The number of anilines is 1. The summed E-state index contributed by atoms with van der Waals surface area (Å²) in [7, 11) is 0. The number of Topliss-reactive ketones (excluding diaryl/α,β-unsaturated/α-hetero) is 1. The number of rotatable bonds is 8. The Morgan fingerprint density at radius 3 is 2.57 bits per heavy atom. The van der Waals surface area contributed by atoms with Crippen molar-refractivity contribution in [2.75, 3.05) is 18.1 Å². The molecule has 10 heteroatoms. The van der Waals surface area contributed by atoms with Crippen molar-refractivity contribution in [3.8, 4) is 5.75 Å². The number of benzene rings is 1. The van der Waals surface area contributed by atoms with E-state index in [1.54, 1.807) is 50.2 Å². The van der Waals surface area contributed by atoms with Crippen molar-refractivity contribution in [1.29, 1.82) is 0 Å². The Bertz CT molecular complexity index is 1280. The molecule has 3 heterocycles. The van der Waals surface area contributed by atoms with Crippen LogP contribution in [0.25, 0.3) is 5.76 Å². The molecular formula is C25H24N2O7S. The topological polar surface area (TPSA) is 119 Å². The van der Waals surface area contributed by atoms with Crippen LogP contribution in [-0.4, -0.2) is 41.0 Å². The summed E-state index contributed by atoms with van der Waals surface area (Å²) in [6.45, 7) is 6.04.